The van der Waals surface area contributed by atoms with Gasteiger partial charge in [0.25, 0.3) is 0 Å². The topological polar surface area (TPSA) is 111 Å². The number of aromatic amines is 1. The van der Waals surface area contributed by atoms with E-state index < -0.39 is 11.5 Å². The molecule has 0 bridgehead atoms. The predicted octanol–water partition coefficient (Wildman–Crippen LogP) is 1.29. The van der Waals surface area contributed by atoms with E-state index in [1.54, 1.807) is 6.92 Å². The molecule has 3 N–H and O–H groups in total. The summed E-state index contributed by atoms with van der Waals surface area (Å²) in [5.41, 5.74) is -1.08. The Morgan fingerprint density at radius 1 is 1.62 bits per heavy atom. The summed E-state index contributed by atoms with van der Waals surface area (Å²) < 4.78 is 0. The molecule has 0 aromatic carbocycles. The van der Waals surface area contributed by atoms with E-state index in [-0.39, 0.29) is 12.1 Å². The highest BCUT2D eigenvalue weighted by Crippen LogP contribution is 2.34. The Bertz CT molecular complexity index is 504. The number of carbonyl (C=O) groups excluding carboxylic acids is 1. The first-order chi connectivity index (χ1) is 10.0. The van der Waals surface area contributed by atoms with Gasteiger partial charge in [-0.3, -0.25) is 5.10 Å². The van der Waals surface area contributed by atoms with E-state index in [9.17, 15) is 14.7 Å². The Hall–Kier alpha value is -2.12. The highest BCUT2D eigenvalue weighted by molar-refractivity contribution is 5.87. The Morgan fingerprint density at radius 2 is 2.38 bits per heavy atom. The monoisotopic (exact) mass is 295 g/mol. The number of aromatic nitrogens is 3. The number of rotatable bonds is 5. The zero-order valence-corrected chi connectivity index (χ0v) is 12.3. The maximum Gasteiger partial charge on any atom is 0.329 e. The van der Waals surface area contributed by atoms with Crippen LogP contribution in [0.4, 0.5) is 4.79 Å². The number of amides is 2. The molecule has 2 rings (SSSR count). The summed E-state index contributed by atoms with van der Waals surface area (Å²) in [6.45, 7) is 4.16. The molecule has 2 unspecified atom stereocenters. The van der Waals surface area contributed by atoms with E-state index in [1.165, 1.54) is 11.2 Å². The second-order valence-electron chi connectivity index (χ2n) is 5.38. The van der Waals surface area contributed by atoms with E-state index in [0.29, 0.717) is 38.1 Å². The van der Waals surface area contributed by atoms with Crippen LogP contribution in [0.25, 0.3) is 0 Å². The van der Waals surface area contributed by atoms with Crippen LogP contribution in [0, 0.1) is 0 Å². The normalized spacial score (nSPS) is 23.0. The number of likely N-dealkylation sites (tertiary alicyclic amines) is 1. The molecule has 0 spiro atoms. The molecular weight excluding hydrogens is 274 g/mol. The van der Waals surface area contributed by atoms with E-state index in [1.807, 2.05) is 6.92 Å². The van der Waals surface area contributed by atoms with Crippen molar-refractivity contribution in [3.63, 3.8) is 0 Å². The van der Waals surface area contributed by atoms with Crippen molar-refractivity contribution in [3.05, 3.63) is 12.2 Å². The molecule has 1 aliphatic heterocycles. The molecule has 2 heterocycles. The summed E-state index contributed by atoms with van der Waals surface area (Å²) in [7, 11) is 0. The highest BCUT2D eigenvalue weighted by atomic mass is 16.4. The second-order valence-corrected chi connectivity index (χ2v) is 5.38. The van der Waals surface area contributed by atoms with Crippen molar-refractivity contribution in [1.29, 1.82) is 0 Å². The Balaban J connectivity index is 2.11. The maximum atomic E-state index is 12.4. The summed E-state index contributed by atoms with van der Waals surface area (Å²) in [5.74, 6) is -0.386. The molecule has 0 radical (unpaired) electrons. The minimum atomic E-state index is -1.08. The van der Waals surface area contributed by atoms with Crippen LogP contribution in [0.15, 0.2) is 6.33 Å². The van der Waals surface area contributed by atoms with Crippen LogP contribution < -0.4 is 5.32 Å². The van der Waals surface area contributed by atoms with Crippen molar-refractivity contribution in [3.8, 4) is 0 Å². The van der Waals surface area contributed by atoms with Gasteiger partial charge in [-0.25, -0.2) is 14.6 Å². The Morgan fingerprint density at radius 3 is 2.95 bits per heavy atom. The van der Waals surface area contributed by atoms with Crippen LogP contribution in [0.3, 0.4) is 0 Å². The molecule has 1 aromatic heterocycles. The first kappa shape index (κ1) is 15.3. The standard InChI is InChI=1S/C13H21N5O3/c1-3-5-13(11(19)20)6-4-7-18(13)12(21)16-9(2)10-14-8-15-17-10/h8-9H,3-7H2,1-2H3,(H,16,21)(H,19,20)(H,14,15,17). The van der Waals surface area contributed by atoms with Gasteiger partial charge < -0.3 is 15.3 Å². The number of urea groups is 1. The third-order valence-electron chi connectivity index (χ3n) is 3.98. The van der Waals surface area contributed by atoms with E-state index in [0.717, 1.165) is 0 Å². The van der Waals surface area contributed by atoms with Crippen molar-refractivity contribution in [1.82, 2.24) is 25.4 Å². The Kier molecular flexibility index (Phi) is 4.44. The number of aliphatic carboxylic acids is 1. The summed E-state index contributed by atoms with van der Waals surface area (Å²) in [4.78, 5) is 29.6. The molecule has 1 aromatic rings. The first-order valence-corrected chi connectivity index (χ1v) is 7.18. The fourth-order valence-corrected chi connectivity index (χ4v) is 2.93. The molecule has 1 saturated heterocycles. The van der Waals surface area contributed by atoms with Crippen LogP contribution in [0.2, 0.25) is 0 Å². The molecule has 2 amide bonds. The van der Waals surface area contributed by atoms with Crippen molar-refractivity contribution in [2.45, 2.75) is 51.1 Å². The van der Waals surface area contributed by atoms with Crippen LogP contribution in [0.1, 0.15) is 51.4 Å². The van der Waals surface area contributed by atoms with Crippen molar-refractivity contribution in [2.24, 2.45) is 0 Å². The average molecular weight is 295 g/mol. The molecule has 0 aliphatic carbocycles. The second kappa shape index (κ2) is 6.11. The number of carboxylic acid groups (broad SMARTS) is 1. The molecule has 1 aliphatic rings. The molecule has 2 atom stereocenters. The van der Waals surface area contributed by atoms with Gasteiger partial charge in [0, 0.05) is 6.54 Å². The van der Waals surface area contributed by atoms with E-state index in [2.05, 4.69) is 20.5 Å². The van der Waals surface area contributed by atoms with Gasteiger partial charge in [0.1, 0.15) is 17.7 Å². The number of nitrogens with zero attached hydrogens (tertiary/aromatic N) is 3. The van der Waals surface area contributed by atoms with Crippen LogP contribution in [-0.2, 0) is 4.79 Å². The lowest BCUT2D eigenvalue weighted by Crippen LogP contribution is -2.56. The number of H-pyrrole nitrogens is 1. The third-order valence-corrected chi connectivity index (χ3v) is 3.98. The van der Waals surface area contributed by atoms with Crippen molar-refractivity contribution >= 4 is 12.0 Å². The van der Waals surface area contributed by atoms with E-state index >= 15 is 0 Å². The quantitative estimate of drug-likeness (QED) is 0.758. The van der Waals surface area contributed by atoms with Crippen LogP contribution in [0.5, 0.6) is 0 Å². The fraction of sp³-hybridized carbons (Fsp3) is 0.692. The molecular formula is C13H21N5O3. The maximum absolute atomic E-state index is 12.4. The van der Waals surface area contributed by atoms with Gasteiger partial charge in [-0.2, -0.15) is 5.10 Å². The van der Waals surface area contributed by atoms with Gasteiger partial charge in [0.2, 0.25) is 0 Å². The first-order valence-electron chi connectivity index (χ1n) is 7.18. The van der Waals surface area contributed by atoms with Crippen LogP contribution >= 0.6 is 0 Å². The third kappa shape index (κ3) is 2.84. The van der Waals surface area contributed by atoms with Gasteiger partial charge in [0.05, 0.1) is 6.04 Å². The minimum absolute atomic E-state index is 0.353. The summed E-state index contributed by atoms with van der Waals surface area (Å²) in [5, 5.41) is 18.8. The molecule has 21 heavy (non-hydrogen) atoms. The smallest absolute Gasteiger partial charge is 0.329 e. The number of hydrogen-bond donors (Lipinski definition) is 3. The SMILES string of the molecule is CCCC1(C(=O)O)CCCN1C(=O)NC(C)c1ncn[nH]1. The zero-order chi connectivity index (χ0) is 15.5. The number of carbonyl (C=O) groups is 2. The molecule has 8 nitrogen and oxygen atoms in total. The van der Waals surface area contributed by atoms with Gasteiger partial charge >= 0.3 is 12.0 Å². The van der Waals surface area contributed by atoms with Gasteiger partial charge in [-0.15, -0.1) is 0 Å². The molecule has 116 valence electrons. The summed E-state index contributed by atoms with van der Waals surface area (Å²) in [6, 6.07) is -0.721. The lowest BCUT2D eigenvalue weighted by molar-refractivity contribution is -0.148. The van der Waals surface area contributed by atoms with Gasteiger partial charge in [-0.1, -0.05) is 13.3 Å². The number of hydrogen-bond acceptors (Lipinski definition) is 4. The van der Waals surface area contributed by atoms with Crippen LogP contribution in [-0.4, -0.2) is 49.3 Å². The molecule has 1 fully saturated rings. The zero-order valence-electron chi connectivity index (χ0n) is 12.3. The average Bonchev–Trinajstić information content (AvgIpc) is 3.08. The number of nitrogens with one attached hydrogen (secondary N) is 2. The lowest BCUT2D eigenvalue weighted by Gasteiger charge is -2.35. The predicted molar refractivity (Wildman–Crippen MR) is 74.5 cm³/mol. The highest BCUT2D eigenvalue weighted by Gasteiger charge is 2.49. The van der Waals surface area contributed by atoms with E-state index in [4.69, 9.17) is 0 Å². The van der Waals surface area contributed by atoms with Crippen molar-refractivity contribution < 1.29 is 14.7 Å². The lowest BCUT2D eigenvalue weighted by atomic mass is 9.91. The summed E-state index contributed by atoms with van der Waals surface area (Å²) in [6.07, 6.45) is 3.75. The molecule has 8 heteroatoms. The van der Waals surface area contributed by atoms with Gasteiger partial charge in [0.15, 0.2) is 0 Å². The number of carboxylic acids is 1. The Labute approximate surface area is 122 Å². The summed E-state index contributed by atoms with van der Waals surface area (Å²) >= 11 is 0. The van der Waals surface area contributed by atoms with Crippen molar-refractivity contribution in [2.75, 3.05) is 6.54 Å². The fourth-order valence-electron chi connectivity index (χ4n) is 2.93. The van der Waals surface area contributed by atoms with Gasteiger partial charge in [-0.05, 0) is 26.2 Å². The largest absolute Gasteiger partial charge is 0.479 e. The minimum Gasteiger partial charge on any atom is -0.479 e. The molecule has 0 saturated carbocycles.